The molecule has 2 aromatic rings. The molecule has 0 spiro atoms. The lowest BCUT2D eigenvalue weighted by atomic mass is 10.1. The molecule has 0 radical (unpaired) electrons. The van der Waals surface area contributed by atoms with E-state index in [4.69, 9.17) is 21.5 Å². The van der Waals surface area contributed by atoms with Gasteiger partial charge in [0, 0.05) is 0 Å². The average Bonchev–Trinajstić information content (AvgIpc) is 2.61. The zero-order valence-corrected chi connectivity index (χ0v) is 16.3. The van der Waals surface area contributed by atoms with Crippen molar-refractivity contribution in [3.8, 4) is 0 Å². The number of amides is 1. The molecule has 9 heteroatoms. The number of hydrogen-bond acceptors (Lipinski definition) is 5. The Kier molecular flexibility index (Phi) is 6.59. The number of nitrogens with two attached hydrogens (primary N) is 1. The van der Waals surface area contributed by atoms with Crippen LogP contribution in [0.3, 0.4) is 0 Å². The quantitative estimate of drug-likeness (QED) is 0.709. The van der Waals surface area contributed by atoms with E-state index in [0.29, 0.717) is 0 Å². The number of rotatable bonds is 6. The number of benzene rings is 2. The molecule has 1 amide bonds. The largest absolute Gasteiger partial charge is 0.449 e. The molecule has 0 aliphatic carbocycles. The molecule has 7 nitrogen and oxygen atoms in total. The Bertz CT molecular complexity index is 947. The summed E-state index contributed by atoms with van der Waals surface area (Å²) in [6, 6.07) is 12.4. The van der Waals surface area contributed by atoms with Crippen molar-refractivity contribution in [1.82, 2.24) is 5.32 Å². The van der Waals surface area contributed by atoms with Gasteiger partial charge in [0.2, 0.25) is 10.0 Å². The number of hydrogen-bond donors (Lipinski definition) is 2. The summed E-state index contributed by atoms with van der Waals surface area (Å²) in [5, 5.41) is 7.77. The van der Waals surface area contributed by atoms with Crippen LogP contribution in [0.4, 0.5) is 0 Å². The van der Waals surface area contributed by atoms with Gasteiger partial charge in [-0.2, -0.15) is 0 Å². The van der Waals surface area contributed by atoms with Gasteiger partial charge in [0.05, 0.1) is 21.5 Å². The van der Waals surface area contributed by atoms with Crippen LogP contribution in [0.15, 0.2) is 53.4 Å². The molecule has 0 fully saturated rings. The van der Waals surface area contributed by atoms with Crippen molar-refractivity contribution in [1.29, 1.82) is 0 Å². The Hall–Kier alpha value is -2.42. The van der Waals surface area contributed by atoms with Crippen LogP contribution in [0.2, 0.25) is 5.02 Å². The van der Waals surface area contributed by atoms with Crippen molar-refractivity contribution in [3.05, 3.63) is 64.7 Å². The van der Waals surface area contributed by atoms with Crippen LogP contribution < -0.4 is 10.5 Å². The van der Waals surface area contributed by atoms with Crippen LogP contribution in [0.25, 0.3) is 0 Å². The smallest absolute Gasteiger partial charge is 0.340 e. The number of halogens is 1. The van der Waals surface area contributed by atoms with E-state index < -0.39 is 28.0 Å². The molecule has 0 heterocycles. The van der Waals surface area contributed by atoms with Gasteiger partial charge in [-0.1, -0.05) is 41.9 Å². The Balaban J connectivity index is 2.08. The second-order valence-electron chi connectivity index (χ2n) is 5.88. The molecular weight excluding hydrogens is 392 g/mol. The molecule has 0 bridgehead atoms. The highest BCUT2D eigenvalue weighted by molar-refractivity contribution is 7.89. The van der Waals surface area contributed by atoms with Gasteiger partial charge < -0.3 is 10.1 Å². The van der Waals surface area contributed by atoms with E-state index in [1.807, 2.05) is 30.3 Å². The molecule has 0 saturated carbocycles. The molecule has 2 unspecified atom stereocenters. The maximum atomic E-state index is 12.3. The van der Waals surface area contributed by atoms with Gasteiger partial charge >= 0.3 is 5.97 Å². The fourth-order valence-electron chi connectivity index (χ4n) is 2.27. The normalized spacial score (nSPS) is 13.5. The third kappa shape index (κ3) is 5.53. The highest BCUT2D eigenvalue weighted by atomic mass is 35.5. The molecule has 2 atom stereocenters. The molecule has 0 saturated heterocycles. The number of esters is 1. The van der Waals surface area contributed by atoms with Crippen LogP contribution >= 0.6 is 11.6 Å². The van der Waals surface area contributed by atoms with Crippen LogP contribution in [0.1, 0.15) is 35.8 Å². The number of carbonyl (C=O) groups excluding carboxylic acids is 2. The summed E-state index contributed by atoms with van der Waals surface area (Å²) >= 11 is 5.93. The fourth-order valence-corrected chi connectivity index (χ4v) is 3.01. The molecule has 27 heavy (non-hydrogen) atoms. The molecule has 0 aliphatic rings. The van der Waals surface area contributed by atoms with Crippen molar-refractivity contribution in [2.24, 2.45) is 5.14 Å². The van der Waals surface area contributed by atoms with Crippen molar-refractivity contribution < 1.29 is 22.7 Å². The van der Waals surface area contributed by atoms with Gasteiger partial charge in [0.15, 0.2) is 6.10 Å². The zero-order valence-electron chi connectivity index (χ0n) is 14.7. The van der Waals surface area contributed by atoms with Crippen molar-refractivity contribution in [2.75, 3.05) is 0 Å². The molecule has 0 aromatic heterocycles. The first-order valence-corrected chi connectivity index (χ1v) is 9.90. The van der Waals surface area contributed by atoms with E-state index in [-0.39, 0.29) is 21.5 Å². The summed E-state index contributed by atoms with van der Waals surface area (Å²) in [7, 11) is -4.01. The average molecular weight is 411 g/mol. The first-order valence-electron chi connectivity index (χ1n) is 7.98. The zero-order chi connectivity index (χ0) is 20.2. The predicted octanol–water partition coefficient (Wildman–Crippen LogP) is 2.41. The third-order valence-electron chi connectivity index (χ3n) is 3.80. The highest BCUT2D eigenvalue weighted by Gasteiger charge is 2.23. The second kappa shape index (κ2) is 8.51. The lowest BCUT2D eigenvalue weighted by Crippen LogP contribution is -2.37. The number of primary sulfonamides is 1. The molecule has 0 aliphatic heterocycles. The van der Waals surface area contributed by atoms with Gasteiger partial charge in [-0.3, -0.25) is 4.79 Å². The Labute approximate surface area is 162 Å². The Morgan fingerprint density at radius 2 is 1.74 bits per heavy atom. The van der Waals surface area contributed by atoms with Crippen LogP contribution in [0.5, 0.6) is 0 Å². The third-order valence-corrected chi connectivity index (χ3v) is 5.04. The number of sulfonamides is 1. The molecule has 2 rings (SSSR count). The van der Waals surface area contributed by atoms with Crippen LogP contribution in [-0.4, -0.2) is 26.4 Å². The summed E-state index contributed by atoms with van der Waals surface area (Å²) in [6.07, 6.45) is -1.11. The van der Waals surface area contributed by atoms with Crippen molar-refractivity contribution in [3.63, 3.8) is 0 Å². The topological polar surface area (TPSA) is 116 Å². The standard InChI is InChI=1S/C18H19ClN2O5S/c1-11(13-6-4-3-5-7-13)21-17(22)12(2)26-18(23)15-10-14(27(20,24)25)8-9-16(15)19/h3-12H,1-2H3,(H,21,22)(H2,20,24,25). The first-order chi connectivity index (χ1) is 12.6. The van der Waals surface area contributed by atoms with Crippen LogP contribution in [0, 0.1) is 0 Å². The first kappa shape index (κ1) is 20.9. The van der Waals surface area contributed by atoms with E-state index in [1.165, 1.54) is 19.1 Å². The molecule has 144 valence electrons. The van der Waals surface area contributed by atoms with Crippen molar-refractivity contribution >= 4 is 33.5 Å². The maximum Gasteiger partial charge on any atom is 0.340 e. The lowest BCUT2D eigenvalue weighted by molar-refractivity contribution is -0.129. The second-order valence-corrected chi connectivity index (χ2v) is 7.84. The van der Waals surface area contributed by atoms with E-state index in [9.17, 15) is 18.0 Å². The maximum absolute atomic E-state index is 12.3. The molecule has 3 N–H and O–H groups in total. The fraction of sp³-hybridized carbons (Fsp3) is 0.222. The summed E-state index contributed by atoms with van der Waals surface area (Å²) in [6.45, 7) is 3.20. The minimum absolute atomic E-state index is 0.0161. The van der Waals surface area contributed by atoms with Gasteiger partial charge in [0.25, 0.3) is 5.91 Å². The molecule has 2 aromatic carbocycles. The lowest BCUT2D eigenvalue weighted by Gasteiger charge is -2.18. The summed E-state index contributed by atoms with van der Waals surface area (Å²) in [5.41, 5.74) is 0.701. The summed E-state index contributed by atoms with van der Waals surface area (Å²) in [4.78, 5) is 24.3. The monoisotopic (exact) mass is 410 g/mol. The number of nitrogens with one attached hydrogen (secondary N) is 1. The van der Waals surface area contributed by atoms with Gasteiger partial charge in [-0.25, -0.2) is 18.4 Å². The minimum atomic E-state index is -4.01. The molecular formula is C18H19ClN2O5S. The van der Waals surface area contributed by atoms with Crippen LogP contribution in [-0.2, 0) is 19.6 Å². The number of carbonyl (C=O) groups is 2. The highest BCUT2D eigenvalue weighted by Crippen LogP contribution is 2.21. The summed E-state index contributed by atoms with van der Waals surface area (Å²) in [5.74, 6) is -1.43. The van der Waals surface area contributed by atoms with E-state index in [1.54, 1.807) is 6.92 Å². The minimum Gasteiger partial charge on any atom is -0.449 e. The van der Waals surface area contributed by atoms with E-state index in [2.05, 4.69) is 5.32 Å². The van der Waals surface area contributed by atoms with Gasteiger partial charge in [-0.15, -0.1) is 0 Å². The SMILES string of the molecule is CC(OC(=O)c1cc(S(N)(=O)=O)ccc1Cl)C(=O)NC(C)c1ccccc1. The van der Waals surface area contributed by atoms with Gasteiger partial charge in [-0.05, 0) is 37.6 Å². The number of ether oxygens (including phenoxy) is 1. The van der Waals surface area contributed by atoms with E-state index >= 15 is 0 Å². The van der Waals surface area contributed by atoms with Crippen molar-refractivity contribution in [2.45, 2.75) is 30.9 Å². The Morgan fingerprint density at radius 1 is 1.11 bits per heavy atom. The summed E-state index contributed by atoms with van der Waals surface area (Å²) < 4.78 is 28.0. The Morgan fingerprint density at radius 3 is 2.33 bits per heavy atom. The predicted molar refractivity (Wildman–Crippen MR) is 101 cm³/mol. The van der Waals surface area contributed by atoms with Gasteiger partial charge in [0.1, 0.15) is 0 Å². The van der Waals surface area contributed by atoms with E-state index in [0.717, 1.165) is 11.6 Å².